The Labute approximate surface area is 161 Å². The first-order valence-corrected chi connectivity index (χ1v) is 8.70. The maximum Gasteiger partial charge on any atom is 0.338 e. The molecule has 1 aromatic heterocycles. The van der Waals surface area contributed by atoms with Crippen LogP contribution < -0.4 is 20.7 Å². The zero-order valence-electron chi connectivity index (χ0n) is 15.5. The van der Waals surface area contributed by atoms with Crippen LogP contribution in [0, 0.1) is 0 Å². The van der Waals surface area contributed by atoms with Gasteiger partial charge >= 0.3 is 5.97 Å². The van der Waals surface area contributed by atoms with Crippen molar-refractivity contribution in [3.63, 3.8) is 0 Å². The number of nitrogen functional groups attached to an aromatic ring is 1. The average molecular weight is 384 g/mol. The number of ether oxygens (including phenoxy) is 2. The maximum atomic E-state index is 12.5. The summed E-state index contributed by atoms with van der Waals surface area (Å²) in [5.41, 5.74) is 6.56. The lowest BCUT2D eigenvalue weighted by Crippen LogP contribution is -2.48. The third kappa shape index (κ3) is 4.03. The van der Waals surface area contributed by atoms with Gasteiger partial charge in [-0.25, -0.2) is 9.78 Å². The van der Waals surface area contributed by atoms with Crippen LogP contribution in [-0.2, 0) is 14.3 Å². The molecular weight excluding hydrogens is 364 g/mol. The molecule has 146 valence electrons. The minimum absolute atomic E-state index is 0.205. The number of hydrogen-bond acceptors (Lipinski definition) is 7. The number of hydrogen-bond donors (Lipinski definition) is 2. The number of carbonyl (C=O) groups is 3. The van der Waals surface area contributed by atoms with Crippen molar-refractivity contribution in [3.8, 4) is 5.75 Å². The standard InChI is InChI=1S/C19H20N4O5/c1-3-27-19(26)12-4-6-13(7-5-12)21-16(24)10-23-17-14(8-9-15(20)22-17)28-11(2)18(23)25/h4-9,11H,3,10H2,1-2H3,(H2,20,22)(H,21,24). The molecule has 0 saturated heterocycles. The van der Waals surface area contributed by atoms with Crippen LogP contribution in [0.4, 0.5) is 17.3 Å². The van der Waals surface area contributed by atoms with Gasteiger partial charge in [-0.1, -0.05) is 0 Å². The molecule has 0 spiro atoms. The Morgan fingerprint density at radius 3 is 2.64 bits per heavy atom. The van der Waals surface area contributed by atoms with E-state index in [0.29, 0.717) is 17.0 Å². The summed E-state index contributed by atoms with van der Waals surface area (Å²) in [4.78, 5) is 41.9. The Morgan fingerprint density at radius 1 is 1.25 bits per heavy atom. The van der Waals surface area contributed by atoms with E-state index in [0.717, 1.165) is 0 Å². The van der Waals surface area contributed by atoms with Gasteiger partial charge in [0, 0.05) is 5.69 Å². The molecule has 28 heavy (non-hydrogen) atoms. The fourth-order valence-electron chi connectivity index (χ4n) is 2.70. The molecule has 1 aliphatic heterocycles. The van der Waals surface area contributed by atoms with Gasteiger partial charge in [-0.3, -0.25) is 14.5 Å². The number of rotatable bonds is 5. The van der Waals surface area contributed by atoms with Gasteiger partial charge in [-0.15, -0.1) is 0 Å². The highest BCUT2D eigenvalue weighted by atomic mass is 16.5. The van der Waals surface area contributed by atoms with Crippen LogP contribution >= 0.6 is 0 Å². The van der Waals surface area contributed by atoms with E-state index in [9.17, 15) is 14.4 Å². The number of nitrogens with two attached hydrogens (primary N) is 1. The second-order valence-electron chi connectivity index (χ2n) is 6.09. The number of pyridine rings is 1. The first kappa shape index (κ1) is 19.2. The molecule has 1 aliphatic rings. The average Bonchev–Trinajstić information content (AvgIpc) is 2.67. The molecule has 2 aromatic rings. The van der Waals surface area contributed by atoms with Crippen molar-refractivity contribution >= 4 is 35.1 Å². The normalized spacial score (nSPS) is 15.4. The van der Waals surface area contributed by atoms with Gasteiger partial charge in [0.2, 0.25) is 5.91 Å². The number of carbonyl (C=O) groups excluding carboxylic acids is 3. The first-order valence-electron chi connectivity index (χ1n) is 8.70. The summed E-state index contributed by atoms with van der Waals surface area (Å²) in [6.45, 7) is 3.35. The molecule has 9 heteroatoms. The molecule has 0 bridgehead atoms. The zero-order valence-corrected chi connectivity index (χ0v) is 15.5. The van der Waals surface area contributed by atoms with Crippen LogP contribution in [0.15, 0.2) is 36.4 Å². The molecule has 1 atom stereocenters. The van der Waals surface area contributed by atoms with Gasteiger partial charge in [0.1, 0.15) is 12.4 Å². The highest BCUT2D eigenvalue weighted by Gasteiger charge is 2.34. The lowest BCUT2D eigenvalue weighted by atomic mass is 10.2. The zero-order chi connectivity index (χ0) is 20.3. The highest BCUT2D eigenvalue weighted by molar-refractivity contribution is 6.05. The van der Waals surface area contributed by atoms with Gasteiger partial charge in [-0.2, -0.15) is 0 Å². The SMILES string of the molecule is CCOC(=O)c1ccc(NC(=O)CN2C(=O)C(C)Oc3ccc(N)nc32)cc1. The third-order valence-electron chi connectivity index (χ3n) is 4.02. The minimum Gasteiger partial charge on any atom is -0.477 e. The largest absolute Gasteiger partial charge is 0.477 e. The summed E-state index contributed by atoms with van der Waals surface area (Å²) in [6.07, 6.45) is -0.741. The van der Waals surface area contributed by atoms with Crippen LogP contribution in [0.25, 0.3) is 0 Å². The second kappa shape index (κ2) is 7.95. The predicted octanol–water partition coefficient (Wildman–Crippen LogP) is 1.59. The van der Waals surface area contributed by atoms with E-state index in [4.69, 9.17) is 15.2 Å². The van der Waals surface area contributed by atoms with Crippen LogP contribution in [0.3, 0.4) is 0 Å². The molecule has 0 radical (unpaired) electrons. The van der Waals surface area contributed by atoms with Gasteiger partial charge in [0.05, 0.1) is 12.2 Å². The quantitative estimate of drug-likeness (QED) is 0.750. The third-order valence-corrected chi connectivity index (χ3v) is 4.02. The van der Waals surface area contributed by atoms with Crippen molar-refractivity contribution < 1.29 is 23.9 Å². The number of nitrogens with zero attached hydrogens (tertiary/aromatic N) is 2. The van der Waals surface area contributed by atoms with Crippen molar-refractivity contribution in [1.29, 1.82) is 0 Å². The molecule has 2 heterocycles. The number of fused-ring (bicyclic) bond motifs is 1. The Hall–Kier alpha value is -3.62. The Balaban J connectivity index is 1.72. The van der Waals surface area contributed by atoms with Crippen LogP contribution in [0.5, 0.6) is 5.75 Å². The molecule has 3 N–H and O–H groups in total. The topological polar surface area (TPSA) is 124 Å². The lowest BCUT2D eigenvalue weighted by molar-refractivity contribution is -0.127. The van der Waals surface area contributed by atoms with Gasteiger partial charge < -0.3 is 20.5 Å². The summed E-state index contributed by atoms with van der Waals surface area (Å²) >= 11 is 0. The molecule has 1 unspecified atom stereocenters. The van der Waals surface area contributed by atoms with E-state index in [-0.39, 0.29) is 24.8 Å². The summed E-state index contributed by atoms with van der Waals surface area (Å²) in [5, 5.41) is 2.68. The predicted molar refractivity (Wildman–Crippen MR) is 102 cm³/mol. The Kier molecular flexibility index (Phi) is 5.44. The summed E-state index contributed by atoms with van der Waals surface area (Å²) in [7, 11) is 0. The van der Waals surface area contributed by atoms with Crippen molar-refractivity contribution in [2.45, 2.75) is 20.0 Å². The lowest BCUT2D eigenvalue weighted by Gasteiger charge is -2.31. The van der Waals surface area contributed by atoms with Gasteiger partial charge in [0.25, 0.3) is 5.91 Å². The molecule has 1 aromatic carbocycles. The molecule has 0 fully saturated rings. The second-order valence-corrected chi connectivity index (χ2v) is 6.09. The summed E-state index contributed by atoms with van der Waals surface area (Å²) in [5.74, 6) is -0.457. The van der Waals surface area contributed by atoms with E-state index in [1.54, 1.807) is 50.2 Å². The van der Waals surface area contributed by atoms with E-state index in [1.165, 1.54) is 4.90 Å². The highest BCUT2D eigenvalue weighted by Crippen LogP contribution is 2.32. The molecule has 0 saturated carbocycles. The van der Waals surface area contributed by atoms with E-state index in [2.05, 4.69) is 10.3 Å². The minimum atomic E-state index is -0.741. The van der Waals surface area contributed by atoms with Gasteiger partial charge in [-0.05, 0) is 50.2 Å². The first-order chi connectivity index (χ1) is 13.4. The fraction of sp³-hybridized carbons (Fsp3) is 0.263. The smallest absolute Gasteiger partial charge is 0.338 e. The number of benzene rings is 1. The van der Waals surface area contributed by atoms with E-state index >= 15 is 0 Å². The van der Waals surface area contributed by atoms with Gasteiger partial charge in [0.15, 0.2) is 17.7 Å². The van der Waals surface area contributed by atoms with Crippen molar-refractivity contribution in [2.75, 3.05) is 29.1 Å². The van der Waals surface area contributed by atoms with Crippen LogP contribution in [0.1, 0.15) is 24.2 Å². The molecule has 3 rings (SSSR count). The van der Waals surface area contributed by atoms with Crippen molar-refractivity contribution in [1.82, 2.24) is 4.98 Å². The number of anilines is 3. The van der Waals surface area contributed by atoms with E-state index < -0.39 is 23.9 Å². The number of esters is 1. The molecular formula is C19H20N4O5. The number of nitrogens with one attached hydrogen (secondary N) is 1. The van der Waals surface area contributed by atoms with Crippen LogP contribution in [-0.4, -0.2) is 42.0 Å². The Bertz CT molecular complexity index is 913. The fourth-order valence-corrected chi connectivity index (χ4v) is 2.70. The summed E-state index contributed by atoms with van der Waals surface area (Å²) in [6, 6.07) is 9.43. The maximum absolute atomic E-state index is 12.5. The molecule has 9 nitrogen and oxygen atoms in total. The molecule has 2 amide bonds. The van der Waals surface area contributed by atoms with Crippen molar-refractivity contribution in [3.05, 3.63) is 42.0 Å². The summed E-state index contributed by atoms with van der Waals surface area (Å²) < 4.78 is 10.4. The number of amides is 2. The number of aromatic nitrogens is 1. The molecule has 0 aliphatic carbocycles. The van der Waals surface area contributed by atoms with E-state index in [1.807, 2.05) is 0 Å². The monoisotopic (exact) mass is 384 g/mol. The Morgan fingerprint density at radius 2 is 1.96 bits per heavy atom. The van der Waals surface area contributed by atoms with Crippen molar-refractivity contribution in [2.24, 2.45) is 0 Å². The van der Waals surface area contributed by atoms with Crippen LogP contribution in [0.2, 0.25) is 0 Å².